The summed E-state index contributed by atoms with van der Waals surface area (Å²) in [6.45, 7) is 2.06. The third kappa shape index (κ3) is 4.54. The van der Waals surface area contributed by atoms with Crippen LogP contribution in [0.1, 0.15) is 16.1 Å². The van der Waals surface area contributed by atoms with Crippen LogP contribution in [-0.4, -0.2) is 4.98 Å². The molecule has 0 spiro atoms. The van der Waals surface area contributed by atoms with Gasteiger partial charge in [0.05, 0.1) is 11.3 Å². The summed E-state index contributed by atoms with van der Waals surface area (Å²) in [5.41, 5.74) is 4.78. The maximum atomic E-state index is 9.51. The third-order valence-electron chi connectivity index (χ3n) is 3.59. The zero-order valence-electron chi connectivity index (χ0n) is 13.6. The number of nitrogens with zero attached hydrogens (tertiary/aromatic N) is 2. The van der Waals surface area contributed by atoms with Crippen molar-refractivity contribution in [2.45, 2.75) is 6.92 Å². The number of halogens is 1. The van der Waals surface area contributed by atoms with E-state index in [0.29, 0.717) is 5.57 Å². The van der Waals surface area contributed by atoms with E-state index in [-0.39, 0.29) is 0 Å². The topological polar surface area (TPSA) is 36.7 Å². The fourth-order valence-electron chi connectivity index (χ4n) is 2.28. The molecule has 1 heterocycles. The van der Waals surface area contributed by atoms with Gasteiger partial charge in [0.15, 0.2) is 0 Å². The summed E-state index contributed by atoms with van der Waals surface area (Å²) >= 11 is 5.00. The molecule has 2 nitrogen and oxygen atoms in total. The third-order valence-corrected chi connectivity index (χ3v) is 4.92. The van der Waals surface area contributed by atoms with Crippen molar-refractivity contribution in [1.82, 2.24) is 4.98 Å². The molecule has 0 N–H and O–H groups in total. The highest BCUT2D eigenvalue weighted by molar-refractivity contribution is 9.12. The summed E-state index contributed by atoms with van der Waals surface area (Å²) in [6.07, 6.45) is 3.79. The fourth-order valence-corrected chi connectivity index (χ4v) is 3.57. The lowest BCUT2D eigenvalue weighted by Gasteiger charge is -1.98. The predicted octanol–water partition coefficient (Wildman–Crippen LogP) is 6.46. The van der Waals surface area contributed by atoms with E-state index in [1.165, 1.54) is 16.9 Å². The zero-order chi connectivity index (χ0) is 17.6. The molecule has 0 saturated heterocycles. The van der Waals surface area contributed by atoms with Gasteiger partial charge in [0.1, 0.15) is 11.1 Å². The van der Waals surface area contributed by atoms with Crippen LogP contribution in [0.3, 0.4) is 0 Å². The van der Waals surface area contributed by atoms with Crippen molar-refractivity contribution in [1.29, 1.82) is 5.26 Å². The number of allylic oxidation sites excluding steroid dienone is 3. The first kappa shape index (κ1) is 17.3. The molecule has 0 bridgehead atoms. The maximum absolute atomic E-state index is 9.51. The highest BCUT2D eigenvalue weighted by atomic mass is 79.9. The molecule has 0 aliphatic rings. The van der Waals surface area contributed by atoms with Crippen LogP contribution in [0.5, 0.6) is 0 Å². The summed E-state index contributed by atoms with van der Waals surface area (Å²) in [6, 6.07) is 20.4. The summed E-state index contributed by atoms with van der Waals surface area (Å²) in [5, 5.41) is 12.2. The average Bonchev–Trinajstić information content (AvgIpc) is 3.11. The van der Waals surface area contributed by atoms with Gasteiger partial charge in [0.2, 0.25) is 0 Å². The van der Waals surface area contributed by atoms with E-state index >= 15 is 0 Å². The molecule has 0 amide bonds. The van der Waals surface area contributed by atoms with Crippen molar-refractivity contribution in [2.24, 2.45) is 0 Å². The van der Waals surface area contributed by atoms with Gasteiger partial charge in [-0.2, -0.15) is 5.26 Å². The lowest BCUT2D eigenvalue weighted by atomic mass is 10.1. The Morgan fingerprint density at radius 3 is 2.52 bits per heavy atom. The van der Waals surface area contributed by atoms with Gasteiger partial charge in [-0.1, -0.05) is 76.1 Å². The van der Waals surface area contributed by atoms with Gasteiger partial charge in [-0.25, -0.2) is 4.98 Å². The molecule has 0 atom stereocenters. The van der Waals surface area contributed by atoms with Crippen LogP contribution in [-0.2, 0) is 0 Å². The Bertz CT molecular complexity index is 961. The van der Waals surface area contributed by atoms with E-state index in [2.05, 4.69) is 58.2 Å². The van der Waals surface area contributed by atoms with Gasteiger partial charge in [-0.3, -0.25) is 0 Å². The molecule has 0 saturated carbocycles. The first-order valence-electron chi connectivity index (χ1n) is 7.73. The van der Waals surface area contributed by atoms with Gasteiger partial charge >= 0.3 is 0 Å². The maximum Gasteiger partial charge on any atom is 0.134 e. The minimum atomic E-state index is 0.544. The van der Waals surface area contributed by atoms with Crippen molar-refractivity contribution in [3.63, 3.8) is 0 Å². The molecule has 0 aliphatic carbocycles. The SMILES string of the molecule is Cc1ccc(-c2csc(/C(C#N)=C/C(Br)=C/c3ccccc3)n2)cc1. The van der Waals surface area contributed by atoms with E-state index in [9.17, 15) is 5.26 Å². The molecular formula is C21H15BrN2S. The van der Waals surface area contributed by atoms with E-state index in [1.54, 1.807) is 0 Å². The van der Waals surface area contributed by atoms with Crippen LogP contribution in [0.25, 0.3) is 22.9 Å². The standard InChI is InChI=1S/C21H15BrN2S/c1-15-7-9-17(10-8-15)20-14-25-21(24-20)18(13-23)12-19(22)11-16-5-3-2-4-6-16/h2-12,14H,1H3/b18-12+,19-11-. The molecule has 3 rings (SSSR count). The highest BCUT2D eigenvalue weighted by Gasteiger charge is 2.09. The van der Waals surface area contributed by atoms with Gasteiger partial charge in [-0.05, 0) is 24.6 Å². The van der Waals surface area contributed by atoms with Gasteiger partial charge in [0.25, 0.3) is 0 Å². The lowest BCUT2D eigenvalue weighted by molar-refractivity contribution is 1.36. The first-order valence-corrected chi connectivity index (χ1v) is 9.40. The smallest absolute Gasteiger partial charge is 0.134 e. The number of aryl methyl sites for hydroxylation is 1. The second kappa shape index (κ2) is 8.06. The minimum absolute atomic E-state index is 0.544. The van der Waals surface area contributed by atoms with Crippen LogP contribution in [0.2, 0.25) is 0 Å². The Balaban J connectivity index is 1.88. The van der Waals surface area contributed by atoms with E-state index in [4.69, 9.17) is 0 Å². The number of hydrogen-bond acceptors (Lipinski definition) is 3. The van der Waals surface area contributed by atoms with Gasteiger partial charge in [-0.15, -0.1) is 11.3 Å². The Morgan fingerprint density at radius 2 is 1.84 bits per heavy atom. The average molecular weight is 407 g/mol. The molecule has 4 heteroatoms. The van der Waals surface area contributed by atoms with Crippen molar-refractivity contribution < 1.29 is 0 Å². The van der Waals surface area contributed by atoms with Crippen molar-refractivity contribution in [2.75, 3.05) is 0 Å². The highest BCUT2D eigenvalue weighted by Crippen LogP contribution is 2.28. The number of thiazole rings is 1. The quantitative estimate of drug-likeness (QED) is 0.368. The summed E-state index contributed by atoms with van der Waals surface area (Å²) < 4.78 is 0.835. The molecule has 3 aromatic rings. The second-order valence-corrected chi connectivity index (χ2v) is 7.29. The van der Waals surface area contributed by atoms with Crippen molar-refractivity contribution in [3.05, 3.63) is 86.7 Å². The number of benzene rings is 2. The molecule has 1 aromatic heterocycles. The molecule has 25 heavy (non-hydrogen) atoms. The Kier molecular flexibility index (Phi) is 5.60. The Morgan fingerprint density at radius 1 is 1.12 bits per heavy atom. The van der Waals surface area contributed by atoms with E-state index in [1.807, 2.05) is 47.9 Å². The molecule has 0 radical (unpaired) electrons. The molecular weight excluding hydrogens is 392 g/mol. The first-order chi connectivity index (χ1) is 12.2. The van der Waals surface area contributed by atoms with Gasteiger partial charge in [0, 0.05) is 15.4 Å². The molecule has 122 valence electrons. The van der Waals surface area contributed by atoms with Crippen LogP contribution < -0.4 is 0 Å². The van der Waals surface area contributed by atoms with E-state index < -0.39 is 0 Å². The van der Waals surface area contributed by atoms with Crippen LogP contribution in [0.15, 0.2) is 70.5 Å². The Hall–Kier alpha value is -2.48. The Labute approximate surface area is 159 Å². The number of nitriles is 1. The predicted molar refractivity (Wildman–Crippen MR) is 109 cm³/mol. The molecule has 0 unspecified atom stereocenters. The number of rotatable bonds is 4. The largest absolute Gasteiger partial charge is 0.235 e. The monoisotopic (exact) mass is 406 g/mol. The fraction of sp³-hybridized carbons (Fsp3) is 0.0476. The summed E-state index contributed by atoms with van der Waals surface area (Å²) in [5.74, 6) is 0. The number of aromatic nitrogens is 1. The van der Waals surface area contributed by atoms with Crippen LogP contribution in [0, 0.1) is 18.3 Å². The second-order valence-electron chi connectivity index (χ2n) is 5.51. The lowest BCUT2D eigenvalue weighted by Crippen LogP contribution is -1.83. The zero-order valence-corrected chi connectivity index (χ0v) is 16.0. The molecule has 0 aliphatic heterocycles. The molecule has 0 fully saturated rings. The van der Waals surface area contributed by atoms with Crippen molar-refractivity contribution >= 4 is 38.9 Å². The normalized spacial score (nSPS) is 12.0. The van der Waals surface area contributed by atoms with Gasteiger partial charge < -0.3 is 0 Å². The van der Waals surface area contributed by atoms with Crippen molar-refractivity contribution in [3.8, 4) is 17.3 Å². The summed E-state index contributed by atoms with van der Waals surface area (Å²) in [4.78, 5) is 4.62. The number of hydrogen-bond donors (Lipinski definition) is 0. The minimum Gasteiger partial charge on any atom is -0.235 e. The van der Waals surface area contributed by atoms with Crippen LogP contribution >= 0.6 is 27.3 Å². The summed E-state index contributed by atoms with van der Waals surface area (Å²) in [7, 11) is 0. The van der Waals surface area contributed by atoms with Crippen LogP contribution in [0.4, 0.5) is 0 Å². The van der Waals surface area contributed by atoms with E-state index in [0.717, 1.165) is 26.3 Å². The molecule has 2 aromatic carbocycles.